The summed E-state index contributed by atoms with van der Waals surface area (Å²) in [5, 5.41) is 0. The van der Waals surface area contributed by atoms with Gasteiger partial charge in [-0.2, -0.15) is 0 Å². The Hall–Kier alpha value is -1.17. The number of nitrogens with one attached hydrogen (secondary N) is 1. The first-order valence-corrected chi connectivity index (χ1v) is 13.5. The molecule has 0 radical (unpaired) electrons. The van der Waals surface area contributed by atoms with E-state index in [2.05, 4.69) is 20.7 Å². The maximum absolute atomic E-state index is 14.8. The van der Waals surface area contributed by atoms with Crippen molar-refractivity contribution in [3.8, 4) is 5.75 Å². The van der Waals surface area contributed by atoms with E-state index >= 15 is 0 Å². The lowest BCUT2D eigenvalue weighted by molar-refractivity contribution is 0.409. The highest BCUT2D eigenvalue weighted by Crippen LogP contribution is 2.32. The van der Waals surface area contributed by atoms with Crippen molar-refractivity contribution >= 4 is 37.3 Å². The van der Waals surface area contributed by atoms with Gasteiger partial charge >= 0.3 is 0 Å². The molecule has 2 rings (SSSR count). The third kappa shape index (κ3) is 6.91. The molecule has 2 atom stereocenters. The Labute approximate surface area is 202 Å². The van der Waals surface area contributed by atoms with Crippen molar-refractivity contribution in [3.63, 3.8) is 0 Å². The van der Waals surface area contributed by atoms with Gasteiger partial charge in [-0.15, -0.1) is 4.72 Å². The molecule has 0 aliphatic carbocycles. The van der Waals surface area contributed by atoms with Gasteiger partial charge in [-0.25, -0.2) is 17.1 Å². The van der Waals surface area contributed by atoms with Gasteiger partial charge in [0.15, 0.2) is 0 Å². The van der Waals surface area contributed by atoms with E-state index in [1.165, 1.54) is 29.6 Å². The number of halogens is 2. The summed E-state index contributed by atoms with van der Waals surface area (Å²) in [6.07, 6.45) is 0. The second-order valence-corrected chi connectivity index (χ2v) is 13.8. The maximum Gasteiger partial charge on any atom is 0.216 e. The van der Waals surface area contributed by atoms with Crippen molar-refractivity contribution in [2.45, 2.75) is 44.5 Å². The molecular weight excluding hydrogens is 519 g/mol. The number of nitrogens with zero attached hydrogens (tertiary/aromatic N) is 1. The third-order valence-corrected chi connectivity index (χ3v) is 9.17. The summed E-state index contributed by atoms with van der Waals surface area (Å²) >= 11 is 1.68. The lowest BCUT2D eigenvalue weighted by Crippen LogP contribution is -2.54. The van der Waals surface area contributed by atoms with E-state index in [4.69, 9.17) is 4.74 Å². The fourth-order valence-electron chi connectivity index (χ4n) is 3.00. The van der Waals surface area contributed by atoms with Crippen LogP contribution >= 0.6 is 15.9 Å². The summed E-state index contributed by atoms with van der Waals surface area (Å²) in [5.41, 5.74) is -0.553. The van der Waals surface area contributed by atoms with E-state index < -0.39 is 43.2 Å². The second-order valence-electron chi connectivity index (χ2n) is 8.80. The zero-order chi connectivity index (χ0) is 24.3. The average Bonchev–Trinajstić information content (AvgIpc) is 2.69. The van der Waals surface area contributed by atoms with Crippen LogP contribution < -0.4 is 9.46 Å². The molecule has 0 fully saturated rings. The summed E-state index contributed by atoms with van der Waals surface area (Å²) in [6, 6.07) is 11.4. The van der Waals surface area contributed by atoms with Gasteiger partial charge in [0, 0.05) is 35.0 Å². The Morgan fingerprint density at radius 1 is 1.16 bits per heavy atom. The van der Waals surface area contributed by atoms with Crippen LogP contribution in [0.1, 0.15) is 38.8 Å². The molecule has 0 saturated carbocycles. The normalized spacial score (nSPS) is 15.4. The van der Waals surface area contributed by atoms with Crippen molar-refractivity contribution in [1.82, 2.24) is 9.03 Å². The first-order valence-electron chi connectivity index (χ1n) is 9.90. The van der Waals surface area contributed by atoms with Crippen LogP contribution in [0.5, 0.6) is 5.75 Å². The highest BCUT2D eigenvalue weighted by molar-refractivity contribution is 9.10. The van der Waals surface area contributed by atoms with Crippen LogP contribution in [0.25, 0.3) is 0 Å². The highest BCUT2D eigenvalue weighted by Gasteiger charge is 2.43. The molecule has 0 spiro atoms. The molecule has 178 valence electrons. The van der Waals surface area contributed by atoms with E-state index in [0.717, 1.165) is 5.56 Å². The van der Waals surface area contributed by atoms with E-state index in [0.29, 0.717) is 10.2 Å². The molecule has 0 bridgehead atoms. The highest BCUT2D eigenvalue weighted by atomic mass is 79.9. The lowest BCUT2D eigenvalue weighted by atomic mass is 9.95. The largest absolute Gasteiger partial charge is 0.598 e. The first-order chi connectivity index (χ1) is 14.7. The first kappa shape index (κ1) is 27.1. The topological polar surface area (TPSA) is 81.7 Å². The predicted molar refractivity (Wildman–Crippen MR) is 131 cm³/mol. The minimum absolute atomic E-state index is 0.117. The van der Waals surface area contributed by atoms with Crippen LogP contribution in [0.4, 0.5) is 4.39 Å². The number of sulfonamides is 1. The van der Waals surface area contributed by atoms with E-state index in [1.54, 1.807) is 59.1 Å². The maximum atomic E-state index is 14.8. The molecule has 0 saturated heterocycles. The molecule has 0 amide bonds. The predicted octanol–water partition coefficient (Wildman–Crippen LogP) is 4.33. The van der Waals surface area contributed by atoms with Crippen molar-refractivity contribution in [1.29, 1.82) is 0 Å². The summed E-state index contributed by atoms with van der Waals surface area (Å²) in [5.74, 6) is -0.394. The minimum Gasteiger partial charge on any atom is -0.598 e. The van der Waals surface area contributed by atoms with Gasteiger partial charge in [-0.05, 0) is 63.6 Å². The molecule has 0 aliphatic rings. The third-order valence-electron chi connectivity index (χ3n) is 4.91. The van der Waals surface area contributed by atoms with Crippen molar-refractivity contribution in [2.24, 2.45) is 0 Å². The Balaban J connectivity index is 2.38. The Morgan fingerprint density at radius 3 is 2.28 bits per heavy atom. The van der Waals surface area contributed by atoms with Gasteiger partial charge in [0.05, 0.1) is 12.9 Å². The van der Waals surface area contributed by atoms with Gasteiger partial charge in [0.2, 0.25) is 10.0 Å². The second kappa shape index (κ2) is 10.4. The molecule has 2 aromatic carbocycles. The standard InChI is InChI=1S/C22H30BrFN2O4S2/c1-21(2,3)31(27)25-22(4,19-13-17(23)9-12-20(19)24)15-32(28,29)26(5)14-16-7-10-18(30-6)11-8-16/h7-13,25H,14-15H2,1-6H3/t22?,31-/m1/s1. The van der Waals surface area contributed by atoms with Gasteiger partial charge in [-0.3, -0.25) is 0 Å². The lowest BCUT2D eigenvalue weighted by Gasteiger charge is -2.36. The molecule has 0 aliphatic heterocycles. The Morgan fingerprint density at radius 2 is 1.75 bits per heavy atom. The number of hydrogen-bond donors (Lipinski definition) is 1. The fourth-order valence-corrected chi connectivity index (χ4v) is 5.87. The van der Waals surface area contributed by atoms with E-state index in [-0.39, 0.29) is 12.1 Å². The molecule has 2 aromatic rings. The molecule has 10 heteroatoms. The van der Waals surface area contributed by atoms with Crippen LogP contribution in [-0.4, -0.2) is 41.9 Å². The van der Waals surface area contributed by atoms with Crippen LogP contribution in [0.3, 0.4) is 0 Å². The number of ether oxygens (including phenoxy) is 1. The van der Waals surface area contributed by atoms with Crippen molar-refractivity contribution in [2.75, 3.05) is 19.9 Å². The summed E-state index contributed by atoms with van der Waals surface area (Å²) in [6.45, 7) is 6.97. The van der Waals surface area contributed by atoms with Crippen molar-refractivity contribution < 1.29 is 22.1 Å². The quantitative estimate of drug-likeness (QED) is 0.471. The molecular formula is C22H30BrFN2O4S2. The zero-order valence-electron chi connectivity index (χ0n) is 19.1. The molecule has 0 heterocycles. The summed E-state index contributed by atoms with van der Waals surface area (Å²) in [4.78, 5) is 0. The number of benzene rings is 2. The van der Waals surface area contributed by atoms with E-state index in [9.17, 15) is 17.4 Å². The fraction of sp³-hybridized carbons (Fsp3) is 0.455. The number of hydrogen-bond acceptors (Lipinski definition) is 5. The van der Waals surface area contributed by atoms with Gasteiger partial charge in [-0.1, -0.05) is 28.1 Å². The van der Waals surface area contributed by atoms with Crippen LogP contribution in [0.15, 0.2) is 46.9 Å². The molecule has 1 N–H and O–H groups in total. The molecule has 0 aromatic heterocycles. The van der Waals surface area contributed by atoms with E-state index in [1.807, 2.05) is 0 Å². The molecule has 1 unspecified atom stereocenters. The van der Waals surface area contributed by atoms with Crippen LogP contribution in [-0.2, 0) is 33.5 Å². The molecule has 32 heavy (non-hydrogen) atoms. The Kier molecular flexibility index (Phi) is 8.80. The van der Waals surface area contributed by atoms with Crippen LogP contribution in [0.2, 0.25) is 0 Å². The van der Waals surface area contributed by atoms with Gasteiger partial charge < -0.3 is 9.29 Å². The van der Waals surface area contributed by atoms with Crippen molar-refractivity contribution in [3.05, 3.63) is 63.9 Å². The number of methoxy groups -OCH3 is 1. The Bertz CT molecular complexity index is 1030. The SMILES string of the molecule is COc1ccc(CN(C)S(=O)(=O)CC(C)(N[S@+]([O-])C(C)(C)C)c2cc(Br)ccc2F)cc1. The minimum atomic E-state index is -3.88. The smallest absolute Gasteiger partial charge is 0.216 e. The zero-order valence-corrected chi connectivity index (χ0v) is 22.3. The van der Waals surface area contributed by atoms with Gasteiger partial charge in [0.1, 0.15) is 21.9 Å². The van der Waals surface area contributed by atoms with Crippen LogP contribution in [0, 0.1) is 5.82 Å². The summed E-state index contributed by atoms with van der Waals surface area (Å²) in [7, 11) is -0.850. The van der Waals surface area contributed by atoms with Gasteiger partial charge in [0.25, 0.3) is 0 Å². The number of rotatable bonds is 9. The monoisotopic (exact) mass is 548 g/mol. The molecule has 6 nitrogen and oxygen atoms in total. The summed E-state index contributed by atoms with van der Waals surface area (Å²) < 4.78 is 63.5. The average molecular weight is 550 g/mol.